The second-order valence-electron chi connectivity index (χ2n) is 5.98. The third-order valence-electron chi connectivity index (χ3n) is 3.73. The Morgan fingerprint density at radius 1 is 1.14 bits per heavy atom. The number of carboxylic acids is 1. The highest BCUT2D eigenvalue weighted by Gasteiger charge is 2.28. The van der Waals surface area contributed by atoms with Gasteiger partial charge in [0.1, 0.15) is 16.7 Å². The Kier molecular flexibility index (Phi) is 7.13. The molecule has 0 saturated carbocycles. The zero-order valence-electron chi connectivity index (χ0n) is 15.5. The maximum atomic E-state index is 12.9. The van der Waals surface area contributed by atoms with Gasteiger partial charge in [0.25, 0.3) is 0 Å². The van der Waals surface area contributed by atoms with E-state index < -0.39 is 22.0 Å². The van der Waals surface area contributed by atoms with Crippen LogP contribution in [0, 0.1) is 0 Å². The maximum Gasteiger partial charge on any atom is 0.322 e. The molecular weight excluding hydrogens is 384 g/mol. The average Bonchev–Trinajstić information content (AvgIpc) is 2.62. The Morgan fingerprint density at radius 2 is 1.82 bits per heavy atom. The van der Waals surface area contributed by atoms with E-state index in [9.17, 15) is 23.1 Å². The number of ether oxygens (including phenoxy) is 1. The molecule has 0 saturated heterocycles. The van der Waals surface area contributed by atoms with Crippen LogP contribution in [0.25, 0.3) is 0 Å². The second-order valence-corrected chi connectivity index (χ2v) is 7.66. The number of carboxylic acid groups (broad SMARTS) is 1. The molecule has 0 aromatic heterocycles. The van der Waals surface area contributed by atoms with Crippen LogP contribution in [0.15, 0.2) is 53.4 Å². The van der Waals surface area contributed by atoms with Gasteiger partial charge in [0.2, 0.25) is 15.9 Å². The summed E-state index contributed by atoms with van der Waals surface area (Å²) >= 11 is 0. The van der Waals surface area contributed by atoms with E-state index in [0.717, 1.165) is 0 Å². The smallest absolute Gasteiger partial charge is 0.322 e. The van der Waals surface area contributed by atoms with E-state index in [4.69, 9.17) is 4.74 Å². The predicted octanol–water partition coefficient (Wildman–Crippen LogP) is 2.02. The van der Waals surface area contributed by atoms with Crippen molar-refractivity contribution in [1.29, 1.82) is 0 Å². The van der Waals surface area contributed by atoms with Crippen LogP contribution in [0.4, 0.5) is 5.69 Å². The van der Waals surface area contributed by atoms with E-state index in [0.29, 0.717) is 5.56 Å². The highest BCUT2D eigenvalue weighted by molar-refractivity contribution is 7.89. The number of nitrogens with one attached hydrogen (secondary N) is 2. The molecule has 0 bridgehead atoms. The fourth-order valence-corrected chi connectivity index (χ4v) is 3.91. The van der Waals surface area contributed by atoms with Crippen LogP contribution in [0.3, 0.4) is 0 Å². The summed E-state index contributed by atoms with van der Waals surface area (Å²) in [6.45, 7) is 3.21. The molecule has 0 spiro atoms. The molecule has 8 nitrogen and oxygen atoms in total. The zero-order chi connectivity index (χ0) is 20.7. The highest BCUT2D eigenvalue weighted by atomic mass is 32.2. The van der Waals surface area contributed by atoms with E-state index in [-0.39, 0.29) is 35.3 Å². The van der Waals surface area contributed by atoms with Gasteiger partial charge >= 0.3 is 5.97 Å². The maximum absolute atomic E-state index is 12.9. The van der Waals surface area contributed by atoms with Gasteiger partial charge in [-0.25, -0.2) is 8.42 Å². The van der Waals surface area contributed by atoms with Gasteiger partial charge in [-0.2, -0.15) is 4.72 Å². The first kappa shape index (κ1) is 21.4. The van der Waals surface area contributed by atoms with Crippen molar-refractivity contribution in [2.24, 2.45) is 0 Å². The summed E-state index contributed by atoms with van der Waals surface area (Å²) in [6, 6.07) is 11.5. The van der Waals surface area contributed by atoms with Gasteiger partial charge in [-0.05, 0) is 37.1 Å². The lowest BCUT2D eigenvalue weighted by molar-refractivity contribution is -0.138. The fraction of sp³-hybridized carbons (Fsp3) is 0.263. The summed E-state index contributed by atoms with van der Waals surface area (Å²) in [7, 11) is -4.24. The summed E-state index contributed by atoms with van der Waals surface area (Å²) in [6.07, 6.45) is -0.0231. The Morgan fingerprint density at radius 3 is 2.39 bits per heavy atom. The van der Waals surface area contributed by atoms with Gasteiger partial charge < -0.3 is 15.2 Å². The molecule has 1 amide bonds. The molecule has 0 unspecified atom stereocenters. The molecule has 0 aliphatic carbocycles. The molecule has 2 rings (SSSR count). The van der Waals surface area contributed by atoms with Crippen LogP contribution >= 0.6 is 0 Å². The standard InChI is InChI=1S/C19H22N2O6S/c1-3-27-17-10-9-15(20-13(2)22)12-18(17)28(25,26)21-16(19(23)24)11-14-7-5-4-6-8-14/h4-10,12,16,21H,3,11H2,1-2H3,(H,20,22)(H,23,24)/t16-/m0/s1. The van der Waals surface area contributed by atoms with Crippen molar-refractivity contribution in [3.05, 3.63) is 54.1 Å². The number of carbonyl (C=O) groups excluding carboxylic acids is 1. The van der Waals surface area contributed by atoms with Crippen molar-refractivity contribution < 1.29 is 27.9 Å². The summed E-state index contributed by atoms with van der Waals surface area (Å²) < 4.78 is 33.4. The lowest BCUT2D eigenvalue weighted by atomic mass is 10.1. The number of hydrogen-bond donors (Lipinski definition) is 3. The summed E-state index contributed by atoms with van der Waals surface area (Å²) in [4.78, 5) is 22.6. The highest BCUT2D eigenvalue weighted by Crippen LogP contribution is 2.28. The molecule has 150 valence electrons. The number of hydrogen-bond acceptors (Lipinski definition) is 5. The van der Waals surface area contributed by atoms with Crippen LogP contribution < -0.4 is 14.8 Å². The molecule has 0 fully saturated rings. The van der Waals surface area contributed by atoms with E-state index in [1.165, 1.54) is 25.1 Å². The van der Waals surface area contributed by atoms with Crippen LogP contribution in [-0.2, 0) is 26.0 Å². The minimum absolute atomic E-state index is 0.0231. The van der Waals surface area contributed by atoms with Gasteiger partial charge in [-0.1, -0.05) is 30.3 Å². The number of anilines is 1. The van der Waals surface area contributed by atoms with Crippen molar-refractivity contribution in [1.82, 2.24) is 4.72 Å². The summed E-state index contributed by atoms with van der Waals surface area (Å²) in [5.41, 5.74) is 0.931. The van der Waals surface area contributed by atoms with Gasteiger partial charge in [0, 0.05) is 12.6 Å². The number of benzene rings is 2. The van der Waals surface area contributed by atoms with Crippen LogP contribution in [0.1, 0.15) is 19.4 Å². The van der Waals surface area contributed by atoms with Gasteiger partial charge in [0.15, 0.2) is 0 Å². The lowest BCUT2D eigenvalue weighted by Crippen LogP contribution is -2.42. The Balaban J connectivity index is 2.37. The molecule has 28 heavy (non-hydrogen) atoms. The summed E-state index contributed by atoms with van der Waals surface area (Å²) in [5.74, 6) is -1.61. The molecule has 2 aromatic carbocycles. The second kappa shape index (κ2) is 9.34. The van der Waals surface area contributed by atoms with Crippen LogP contribution in [0.2, 0.25) is 0 Å². The third kappa shape index (κ3) is 5.80. The Hall–Kier alpha value is -2.91. The van der Waals surface area contributed by atoms with Gasteiger partial charge in [0.05, 0.1) is 6.61 Å². The fourth-order valence-electron chi connectivity index (χ4n) is 2.55. The minimum atomic E-state index is -4.24. The van der Waals surface area contributed by atoms with E-state index >= 15 is 0 Å². The minimum Gasteiger partial charge on any atom is -0.492 e. The third-order valence-corrected chi connectivity index (χ3v) is 5.22. The average molecular weight is 406 g/mol. The first-order valence-electron chi connectivity index (χ1n) is 8.56. The number of amides is 1. The first-order chi connectivity index (χ1) is 13.2. The monoisotopic (exact) mass is 406 g/mol. The molecule has 0 radical (unpaired) electrons. The van der Waals surface area contributed by atoms with Crippen molar-refractivity contribution in [2.45, 2.75) is 31.2 Å². The molecule has 9 heteroatoms. The van der Waals surface area contributed by atoms with Crippen molar-refractivity contribution in [3.63, 3.8) is 0 Å². The number of rotatable bonds is 9. The van der Waals surface area contributed by atoms with E-state index in [1.54, 1.807) is 37.3 Å². The quantitative estimate of drug-likeness (QED) is 0.586. The predicted molar refractivity (Wildman–Crippen MR) is 104 cm³/mol. The topological polar surface area (TPSA) is 122 Å². The molecule has 0 aliphatic heterocycles. The van der Waals surface area contributed by atoms with Crippen LogP contribution in [-0.4, -0.2) is 38.0 Å². The van der Waals surface area contributed by atoms with Gasteiger partial charge in [-0.15, -0.1) is 0 Å². The number of carbonyl (C=O) groups is 2. The molecule has 0 heterocycles. The zero-order valence-corrected chi connectivity index (χ0v) is 16.3. The van der Waals surface area contributed by atoms with E-state index in [1.807, 2.05) is 0 Å². The Bertz CT molecular complexity index is 944. The molecular formula is C19H22N2O6S. The lowest BCUT2D eigenvalue weighted by Gasteiger charge is -2.17. The number of aliphatic carboxylic acids is 1. The normalized spacial score (nSPS) is 12.2. The molecule has 1 atom stereocenters. The van der Waals surface area contributed by atoms with Crippen molar-refractivity contribution >= 4 is 27.6 Å². The SMILES string of the molecule is CCOc1ccc(NC(C)=O)cc1S(=O)(=O)N[C@@H](Cc1ccccc1)C(=O)O. The number of sulfonamides is 1. The van der Waals surface area contributed by atoms with Crippen molar-refractivity contribution in [3.8, 4) is 5.75 Å². The largest absolute Gasteiger partial charge is 0.492 e. The van der Waals surface area contributed by atoms with E-state index in [2.05, 4.69) is 10.0 Å². The Labute approximate surface area is 163 Å². The first-order valence-corrected chi connectivity index (χ1v) is 10.0. The molecule has 2 aromatic rings. The van der Waals surface area contributed by atoms with Crippen molar-refractivity contribution in [2.75, 3.05) is 11.9 Å². The molecule has 0 aliphatic rings. The molecule has 3 N–H and O–H groups in total. The van der Waals surface area contributed by atoms with Crippen LogP contribution in [0.5, 0.6) is 5.75 Å². The summed E-state index contributed by atoms with van der Waals surface area (Å²) in [5, 5.41) is 12.0. The van der Waals surface area contributed by atoms with Gasteiger partial charge in [-0.3, -0.25) is 9.59 Å².